The number of carbonyl (C=O) groups is 13. The Morgan fingerprint density at radius 2 is 1.04 bits per heavy atom. The molecule has 1 heterocycles. The van der Waals surface area contributed by atoms with Gasteiger partial charge < -0.3 is 107 Å². The lowest BCUT2D eigenvalue weighted by Gasteiger charge is -2.32. The van der Waals surface area contributed by atoms with E-state index in [9.17, 15) is 87.9 Å². The molecule has 0 unspecified atom stereocenters. The third kappa shape index (κ3) is 28.0. The second kappa shape index (κ2) is 39.5. The number of aliphatic carboxylic acids is 4. The molecule has 1 aromatic carbocycles. The van der Waals surface area contributed by atoms with Gasteiger partial charge in [0.2, 0.25) is 53.2 Å². The van der Waals surface area contributed by atoms with E-state index in [0.29, 0.717) is 18.4 Å². The Morgan fingerprint density at radius 1 is 0.573 bits per heavy atom. The largest absolute Gasteiger partial charge is 0.481 e. The van der Waals surface area contributed by atoms with Crippen molar-refractivity contribution in [3.63, 3.8) is 0 Å². The molecule has 0 bridgehead atoms. The number of aliphatic hydroxyl groups is 1. The molecule has 35 nitrogen and oxygen atoms in total. The lowest BCUT2D eigenvalue weighted by Crippen LogP contribution is -2.61. The number of nitrogens with two attached hydrogens (primary N) is 6. The highest BCUT2D eigenvalue weighted by Crippen LogP contribution is 2.22. The molecule has 0 aliphatic carbocycles. The first-order chi connectivity index (χ1) is 42.0. The first-order valence-corrected chi connectivity index (χ1v) is 28.9. The molecular formula is C54H87N17O18. The molecule has 1 saturated heterocycles. The minimum absolute atomic E-state index is 0.00855. The fraction of sp³-hybridized carbons (Fsp3) is 0.611. The predicted octanol–water partition coefficient (Wildman–Crippen LogP) is -6.40. The molecule has 9 amide bonds. The Labute approximate surface area is 512 Å². The van der Waals surface area contributed by atoms with Crippen molar-refractivity contribution in [2.75, 3.05) is 32.8 Å². The van der Waals surface area contributed by atoms with Crippen LogP contribution in [-0.2, 0) is 68.7 Å². The summed E-state index contributed by atoms with van der Waals surface area (Å²) in [5, 5.41) is 67.7. The van der Waals surface area contributed by atoms with Crippen molar-refractivity contribution >= 4 is 89.0 Å². The van der Waals surface area contributed by atoms with E-state index in [1.807, 2.05) is 0 Å². The average Bonchev–Trinajstić information content (AvgIpc) is 2.13. The van der Waals surface area contributed by atoms with E-state index in [1.54, 1.807) is 44.2 Å². The minimum Gasteiger partial charge on any atom is -0.481 e. The maximum atomic E-state index is 14.6. The lowest BCUT2D eigenvalue weighted by molar-refractivity contribution is -0.144. The highest BCUT2D eigenvalue weighted by Gasteiger charge is 2.42. The van der Waals surface area contributed by atoms with Gasteiger partial charge in [0, 0.05) is 32.5 Å². The second-order valence-electron chi connectivity index (χ2n) is 21.1. The van der Waals surface area contributed by atoms with Crippen molar-refractivity contribution in [3.8, 4) is 0 Å². The first-order valence-electron chi connectivity index (χ1n) is 28.9. The summed E-state index contributed by atoms with van der Waals surface area (Å²) >= 11 is 0. The number of aliphatic hydroxyl groups excluding tert-OH is 1. The monoisotopic (exact) mass is 1260 g/mol. The van der Waals surface area contributed by atoms with Gasteiger partial charge in [-0.3, -0.25) is 67.5 Å². The third-order valence-electron chi connectivity index (χ3n) is 14.1. The van der Waals surface area contributed by atoms with Gasteiger partial charge in [0.05, 0.1) is 25.5 Å². The summed E-state index contributed by atoms with van der Waals surface area (Å²) in [5.41, 5.74) is 33.6. The molecule has 496 valence electrons. The number of likely N-dealkylation sites (tertiary alicyclic amines) is 1. The van der Waals surface area contributed by atoms with Crippen LogP contribution in [0.5, 0.6) is 0 Å². The number of carboxylic acids is 4. The van der Waals surface area contributed by atoms with Crippen LogP contribution >= 0.6 is 0 Å². The highest BCUT2D eigenvalue weighted by atomic mass is 16.4. The van der Waals surface area contributed by atoms with Crippen LogP contribution in [0.4, 0.5) is 0 Å². The molecule has 0 aromatic heterocycles. The molecule has 2 rings (SSSR count). The summed E-state index contributed by atoms with van der Waals surface area (Å²) in [7, 11) is 0. The van der Waals surface area contributed by atoms with Crippen LogP contribution in [-0.4, -0.2) is 213 Å². The highest BCUT2D eigenvalue weighted by molar-refractivity contribution is 5.99. The number of carboxylic acid groups (broad SMARTS) is 4. The molecule has 89 heavy (non-hydrogen) atoms. The lowest BCUT2D eigenvalue weighted by atomic mass is 9.96. The Morgan fingerprint density at radius 3 is 1.54 bits per heavy atom. The third-order valence-corrected chi connectivity index (χ3v) is 14.1. The van der Waals surface area contributed by atoms with Crippen LogP contribution in [0.2, 0.25) is 0 Å². The predicted molar refractivity (Wildman–Crippen MR) is 317 cm³/mol. The van der Waals surface area contributed by atoms with Crippen LogP contribution in [0, 0.1) is 5.92 Å². The summed E-state index contributed by atoms with van der Waals surface area (Å²) in [6.07, 6.45) is -2.80. The van der Waals surface area contributed by atoms with Crippen molar-refractivity contribution in [2.45, 2.75) is 171 Å². The minimum atomic E-state index is -1.95. The van der Waals surface area contributed by atoms with Crippen LogP contribution in [0.15, 0.2) is 40.3 Å². The van der Waals surface area contributed by atoms with E-state index >= 15 is 0 Å². The fourth-order valence-electron chi connectivity index (χ4n) is 9.08. The van der Waals surface area contributed by atoms with Crippen LogP contribution in [0.25, 0.3) is 0 Å². The van der Waals surface area contributed by atoms with Gasteiger partial charge in [-0.1, -0.05) is 50.6 Å². The van der Waals surface area contributed by atoms with Crippen molar-refractivity contribution in [1.29, 1.82) is 0 Å². The summed E-state index contributed by atoms with van der Waals surface area (Å²) in [5.74, 6) is -16.3. The normalized spacial score (nSPS) is 16.0. The van der Waals surface area contributed by atoms with Gasteiger partial charge in [-0.15, -0.1) is 0 Å². The fourth-order valence-corrected chi connectivity index (χ4v) is 9.08. The molecule has 1 aromatic rings. The smallest absolute Gasteiger partial charge is 0.326 e. The van der Waals surface area contributed by atoms with Gasteiger partial charge in [0.25, 0.3) is 0 Å². The Kier molecular flexibility index (Phi) is 33.7. The zero-order chi connectivity index (χ0) is 66.9. The second-order valence-corrected chi connectivity index (χ2v) is 21.1. The molecule has 1 aliphatic heterocycles. The number of hydrogen-bond acceptors (Lipinski definition) is 18. The van der Waals surface area contributed by atoms with Crippen molar-refractivity contribution in [1.82, 2.24) is 47.4 Å². The van der Waals surface area contributed by atoms with Crippen LogP contribution in [0.3, 0.4) is 0 Å². The van der Waals surface area contributed by atoms with Crippen LogP contribution in [0.1, 0.15) is 109 Å². The van der Waals surface area contributed by atoms with E-state index in [-0.39, 0.29) is 95.9 Å². The summed E-state index contributed by atoms with van der Waals surface area (Å²) in [6, 6.07) is -7.57. The summed E-state index contributed by atoms with van der Waals surface area (Å²) in [4.78, 5) is 181. The van der Waals surface area contributed by atoms with Crippen LogP contribution < -0.4 is 76.9 Å². The number of nitrogens with one attached hydrogen (secondary N) is 8. The molecule has 0 radical (unpaired) electrons. The summed E-state index contributed by atoms with van der Waals surface area (Å²) < 4.78 is 0. The summed E-state index contributed by atoms with van der Waals surface area (Å²) in [6.45, 7) is 2.30. The number of nitrogens with zero attached hydrogens (tertiary/aromatic N) is 3. The number of benzene rings is 1. The van der Waals surface area contributed by atoms with E-state index in [1.165, 1.54) is 4.90 Å². The van der Waals surface area contributed by atoms with Gasteiger partial charge in [0.1, 0.15) is 54.4 Å². The van der Waals surface area contributed by atoms with Gasteiger partial charge in [-0.2, -0.15) is 0 Å². The number of amides is 9. The van der Waals surface area contributed by atoms with Crippen molar-refractivity contribution in [3.05, 3.63) is 35.9 Å². The number of guanidine groups is 2. The SMILES string of the molecule is CC[C@H](C)[C@H](NC(=O)[C@@H](N)CC(=O)O)C(=O)N1CCC[C@H]1C(=O)N[C@@H](Cc1ccccc1)C(=O)N[C@@H](CCCN=C(N)N)C(=O)N[C@@H](CCC(=O)O)C(=O)N[C@@H](CO)C(=O)N[C@@H](CCCCN)C(=O)N[C@@H](CC(=O)O)C(=O)N[C@@H](CCCN=C(N)N)C(=O)O. The van der Waals surface area contributed by atoms with Crippen molar-refractivity contribution in [2.24, 2.45) is 50.3 Å². The average molecular weight is 1260 g/mol. The molecule has 0 saturated carbocycles. The molecule has 1 fully saturated rings. The van der Waals surface area contributed by atoms with Gasteiger partial charge in [-0.05, 0) is 82.2 Å². The van der Waals surface area contributed by atoms with Gasteiger partial charge in [-0.25, -0.2) is 4.79 Å². The maximum absolute atomic E-state index is 14.6. The Hall–Kier alpha value is -9.25. The standard InChI is InChI=1S/C54H87N17O18/c1-3-28(2)42(70-43(79)30(56)25-40(75)76)51(87)71-23-11-17-38(71)50(86)68-35(24-29-12-5-4-6-13-29)47(83)63-32(15-9-21-61-53(57)58)44(80)65-33(18-19-39(73)74)46(82)69-37(27-72)49(85)64-31(14-7-8-20-55)45(81)67-36(26-41(77)78)48(84)66-34(52(88)89)16-10-22-62-54(59)60/h4-6,12-13,28,30-38,42,72H,3,7-11,14-27,55-56H2,1-2H3,(H,63,83)(H,64,85)(H,65,80)(H,66,84)(H,67,81)(H,68,86)(H,69,82)(H,70,79)(H,73,74)(H,75,76)(H,77,78)(H,88,89)(H4,57,58,61)(H4,59,60,62)/t28-,30-,31-,32-,33-,34-,35-,36-,37-,38-,42-/m0/s1. The number of hydrogen-bond donors (Lipinski definition) is 19. The topological polar surface area (TPSA) is 603 Å². The molecule has 1 aliphatic rings. The number of aliphatic imine (C=N–C) groups is 2. The van der Waals surface area contributed by atoms with E-state index in [0.717, 1.165) is 0 Å². The molecule has 11 atom stereocenters. The molecule has 35 heteroatoms. The quantitative estimate of drug-likeness (QED) is 0.0164. The van der Waals surface area contributed by atoms with E-state index in [4.69, 9.17) is 34.4 Å². The van der Waals surface area contributed by atoms with Gasteiger partial charge in [0.15, 0.2) is 11.9 Å². The molecule has 25 N–H and O–H groups in total. The van der Waals surface area contributed by atoms with Crippen molar-refractivity contribution < 1.29 is 87.9 Å². The molecular weight excluding hydrogens is 1170 g/mol. The Balaban J connectivity index is 2.49. The maximum Gasteiger partial charge on any atom is 0.326 e. The zero-order valence-corrected chi connectivity index (χ0v) is 49.7. The van der Waals surface area contributed by atoms with E-state index in [2.05, 4.69) is 52.5 Å². The Bertz CT molecular complexity index is 2660. The van der Waals surface area contributed by atoms with E-state index < -0.39 is 176 Å². The number of carbonyl (C=O) groups excluding carboxylic acids is 9. The number of rotatable bonds is 42. The van der Waals surface area contributed by atoms with Gasteiger partial charge >= 0.3 is 23.9 Å². The molecule has 0 spiro atoms. The number of unbranched alkanes of at least 4 members (excludes halogenated alkanes) is 1. The zero-order valence-electron chi connectivity index (χ0n) is 49.7. The first kappa shape index (κ1) is 75.8.